The monoisotopic (exact) mass is 986 g/mol. The van der Waals surface area contributed by atoms with Gasteiger partial charge in [-0.1, -0.05) is 50.2 Å². The largest absolute Gasteiger partial charge is 0.493 e. The standard InChI is InChI=1S/C29H44NO7P.C21H28NO7P/c1-11-30-23-15-13-20-17-24(32-8)26(33-9)27(34-10)25(20)21-14-12-19(16-22(21)23)18-35-38(31,36-28(2,3)4)37-29(5,6)7;1-5-22-17-9-7-14-11-18(26-2)20(27-3)21(28-4)19(14)15-8-6-13(10-16(15)17)12-29-30(23,24)25/h12,14,16-17,23,30H,11,13,15,18H2,1-10H3;6,8,10-11,17,22H,5,7,9,12H2,1-4H3,(H2,23,24,25)/t23-;17-/m00/s1. The summed E-state index contributed by atoms with van der Waals surface area (Å²) in [6.45, 7) is 16.6. The van der Waals surface area contributed by atoms with Crippen molar-refractivity contribution in [1.82, 2.24) is 10.6 Å². The Morgan fingerprint density at radius 3 is 1.26 bits per heavy atom. The van der Waals surface area contributed by atoms with Crippen molar-refractivity contribution in [2.75, 3.05) is 55.7 Å². The molecule has 16 nitrogen and oxygen atoms in total. The van der Waals surface area contributed by atoms with Crippen molar-refractivity contribution >= 4 is 15.6 Å². The van der Waals surface area contributed by atoms with Crippen molar-refractivity contribution in [3.63, 3.8) is 0 Å². The Balaban J connectivity index is 0.000000261. The molecule has 2 aliphatic carbocycles. The van der Waals surface area contributed by atoms with Crippen molar-refractivity contribution in [3.05, 3.63) is 81.9 Å². The van der Waals surface area contributed by atoms with Gasteiger partial charge in [0.25, 0.3) is 0 Å². The molecule has 2 aliphatic rings. The maximum Gasteiger partial charge on any atom is 0.476 e. The molecule has 0 amide bonds. The Kier molecular flexibility index (Phi) is 18.6. The van der Waals surface area contributed by atoms with Crippen LogP contribution in [0.4, 0.5) is 0 Å². The van der Waals surface area contributed by atoms with E-state index in [1.54, 1.807) is 42.7 Å². The van der Waals surface area contributed by atoms with E-state index < -0.39 is 26.8 Å². The second-order valence-electron chi connectivity index (χ2n) is 18.4. The second kappa shape index (κ2) is 23.2. The highest BCUT2D eigenvalue weighted by atomic mass is 31.2. The van der Waals surface area contributed by atoms with Gasteiger partial charge in [0, 0.05) is 23.2 Å². The minimum Gasteiger partial charge on any atom is -0.493 e. The second-order valence-corrected chi connectivity index (χ2v) is 21.1. The van der Waals surface area contributed by atoms with Gasteiger partial charge in [0.1, 0.15) is 0 Å². The zero-order chi connectivity index (χ0) is 50.2. The van der Waals surface area contributed by atoms with Crippen LogP contribution in [0.5, 0.6) is 34.5 Å². The molecule has 0 saturated heterocycles. The third-order valence-electron chi connectivity index (χ3n) is 11.2. The molecule has 68 heavy (non-hydrogen) atoms. The van der Waals surface area contributed by atoms with Crippen LogP contribution in [0.3, 0.4) is 0 Å². The van der Waals surface area contributed by atoms with Crippen LogP contribution < -0.4 is 39.1 Å². The lowest BCUT2D eigenvalue weighted by Gasteiger charge is -2.31. The maximum absolute atomic E-state index is 13.6. The summed E-state index contributed by atoms with van der Waals surface area (Å²) < 4.78 is 80.9. The molecule has 0 saturated carbocycles. The lowest BCUT2D eigenvalue weighted by atomic mass is 9.92. The first kappa shape index (κ1) is 54.8. The summed E-state index contributed by atoms with van der Waals surface area (Å²) in [4.78, 5) is 18.1. The topological polar surface area (TPSA) is 191 Å². The summed E-state index contributed by atoms with van der Waals surface area (Å²) in [6.07, 6.45) is 3.36. The molecule has 2 atom stereocenters. The zero-order valence-corrected chi connectivity index (χ0v) is 43.9. The highest BCUT2D eigenvalue weighted by Gasteiger charge is 2.38. The van der Waals surface area contributed by atoms with Gasteiger partial charge in [-0.25, -0.2) is 9.13 Å². The van der Waals surface area contributed by atoms with Gasteiger partial charge < -0.3 is 48.8 Å². The van der Waals surface area contributed by atoms with E-state index in [1.165, 1.54) is 0 Å². The average molecular weight is 987 g/mol. The minimum atomic E-state index is -4.55. The van der Waals surface area contributed by atoms with Crippen LogP contribution >= 0.6 is 15.6 Å². The molecule has 18 heteroatoms. The first-order valence-corrected chi connectivity index (χ1v) is 25.8. The normalized spacial score (nSPS) is 15.8. The number of fused-ring (bicyclic) bond motifs is 6. The molecule has 4 N–H and O–H groups in total. The van der Waals surface area contributed by atoms with Crippen molar-refractivity contribution < 1.29 is 65.4 Å². The Hall–Kier alpha value is -4.18. The molecule has 4 aromatic rings. The molecule has 6 rings (SSSR count). The number of nitrogens with one attached hydrogen (secondary N) is 2. The highest BCUT2D eigenvalue weighted by molar-refractivity contribution is 7.48. The molecule has 0 spiro atoms. The molecule has 0 heterocycles. The molecule has 376 valence electrons. The molecule has 4 aromatic carbocycles. The summed E-state index contributed by atoms with van der Waals surface area (Å²) in [5.41, 5.74) is 8.45. The smallest absolute Gasteiger partial charge is 0.476 e. The highest BCUT2D eigenvalue weighted by Crippen LogP contribution is 2.57. The van der Waals surface area contributed by atoms with Crippen molar-refractivity contribution in [3.8, 4) is 56.8 Å². The molecule has 0 aliphatic heterocycles. The minimum absolute atomic E-state index is 0.0640. The van der Waals surface area contributed by atoms with E-state index in [1.807, 2.05) is 84.9 Å². The molecule has 0 aromatic heterocycles. The van der Waals surface area contributed by atoms with Gasteiger partial charge in [-0.15, -0.1) is 0 Å². The van der Waals surface area contributed by atoms with Gasteiger partial charge in [-0.3, -0.25) is 18.1 Å². The average Bonchev–Trinajstić information content (AvgIpc) is 3.52. The molecular weight excluding hydrogens is 914 g/mol. The van der Waals surface area contributed by atoms with E-state index in [9.17, 15) is 9.13 Å². The number of benzene rings is 4. The lowest BCUT2D eigenvalue weighted by molar-refractivity contribution is 0.000815. The molecule has 0 bridgehead atoms. The Bertz CT molecular complexity index is 2440. The Morgan fingerprint density at radius 2 is 0.941 bits per heavy atom. The van der Waals surface area contributed by atoms with Crippen LogP contribution in [0.1, 0.15) is 114 Å². The van der Waals surface area contributed by atoms with E-state index >= 15 is 0 Å². The third kappa shape index (κ3) is 13.6. The van der Waals surface area contributed by atoms with Gasteiger partial charge in [0.05, 0.1) is 67.1 Å². The van der Waals surface area contributed by atoms with Gasteiger partial charge in [0.2, 0.25) is 11.5 Å². The fourth-order valence-electron chi connectivity index (χ4n) is 8.72. The number of rotatable bonds is 18. The van der Waals surface area contributed by atoms with Crippen LogP contribution in [0, 0.1) is 0 Å². The maximum atomic E-state index is 13.6. The van der Waals surface area contributed by atoms with Crippen molar-refractivity contribution in [2.24, 2.45) is 0 Å². The van der Waals surface area contributed by atoms with Crippen LogP contribution in [0.25, 0.3) is 22.3 Å². The number of phosphoric ester groups is 2. The first-order chi connectivity index (χ1) is 32.1. The van der Waals surface area contributed by atoms with E-state index in [2.05, 4.69) is 29.7 Å². The molecule has 0 unspecified atom stereocenters. The van der Waals surface area contributed by atoms with Gasteiger partial charge in [-0.2, -0.15) is 0 Å². The number of hydrogen-bond acceptors (Lipinski definition) is 14. The summed E-state index contributed by atoms with van der Waals surface area (Å²) in [6, 6.07) is 16.0. The fraction of sp³-hybridized carbons (Fsp3) is 0.520. The van der Waals surface area contributed by atoms with Gasteiger partial charge in [-0.05, 0) is 137 Å². The Morgan fingerprint density at radius 1 is 0.559 bits per heavy atom. The quantitative estimate of drug-likeness (QED) is 0.0688. The van der Waals surface area contributed by atoms with Crippen LogP contribution in [0.15, 0.2) is 48.5 Å². The zero-order valence-electron chi connectivity index (χ0n) is 42.1. The van der Waals surface area contributed by atoms with Crippen molar-refractivity contribution in [1.29, 1.82) is 0 Å². The number of methoxy groups -OCH3 is 6. The van der Waals surface area contributed by atoms with Crippen LogP contribution in [0.2, 0.25) is 0 Å². The number of aryl methyl sites for hydroxylation is 2. The van der Waals surface area contributed by atoms with E-state index in [4.69, 9.17) is 56.3 Å². The number of ether oxygens (including phenoxy) is 6. The molecule has 0 radical (unpaired) electrons. The molecular formula is C50H72N2O14P2. The van der Waals surface area contributed by atoms with E-state index in [-0.39, 0.29) is 25.3 Å². The van der Waals surface area contributed by atoms with E-state index in [0.29, 0.717) is 40.1 Å². The summed E-state index contributed by atoms with van der Waals surface area (Å²) in [7, 11) is 1.28. The number of hydrogen-bond donors (Lipinski definition) is 4. The van der Waals surface area contributed by atoms with Gasteiger partial charge in [0.15, 0.2) is 23.0 Å². The number of phosphoric acid groups is 2. The lowest BCUT2D eigenvalue weighted by Crippen LogP contribution is -2.24. The SMILES string of the molecule is CCN[C@H]1CCc2cc(OC)c(OC)c(OC)c2-c2ccc(COP(=O)(O)O)cc21.CCN[C@H]1CCc2cc(OC)c(OC)c(OC)c2-c2ccc(COP(=O)(OC(C)(C)C)OC(C)(C)C)cc21. The Labute approximate surface area is 402 Å². The van der Waals surface area contributed by atoms with Crippen molar-refractivity contribution in [2.45, 2.75) is 118 Å². The third-order valence-corrected chi connectivity index (χ3v) is 13.7. The summed E-state index contributed by atoms with van der Waals surface area (Å²) in [5.74, 6) is 3.60. The van der Waals surface area contributed by atoms with E-state index in [0.717, 1.165) is 88.8 Å². The predicted octanol–water partition coefficient (Wildman–Crippen LogP) is 10.8. The van der Waals surface area contributed by atoms with Crippen LogP contribution in [-0.2, 0) is 53.3 Å². The van der Waals surface area contributed by atoms with Gasteiger partial charge >= 0.3 is 15.6 Å². The molecule has 0 fully saturated rings. The first-order valence-electron chi connectivity index (χ1n) is 22.8. The summed E-state index contributed by atoms with van der Waals surface area (Å²) in [5, 5.41) is 7.14. The fourth-order valence-corrected chi connectivity index (χ4v) is 10.8. The summed E-state index contributed by atoms with van der Waals surface area (Å²) >= 11 is 0. The predicted molar refractivity (Wildman–Crippen MR) is 263 cm³/mol. The van der Waals surface area contributed by atoms with Crippen LogP contribution in [-0.4, -0.2) is 76.7 Å².